The first kappa shape index (κ1) is 20.8. The lowest BCUT2D eigenvalue weighted by Gasteiger charge is -2.35. The van der Waals surface area contributed by atoms with Crippen molar-refractivity contribution in [2.75, 3.05) is 7.05 Å². The second kappa shape index (κ2) is 7.25. The van der Waals surface area contributed by atoms with Gasteiger partial charge in [0.1, 0.15) is 17.2 Å². The van der Waals surface area contributed by atoms with Crippen LogP contribution in [0.5, 0.6) is 0 Å². The molecule has 1 aromatic carbocycles. The highest BCUT2D eigenvalue weighted by Crippen LogP contribution is 2.36. The molecule has 2 rings (SSSR count). The summed E-state index contributed by atoms with van der Waals surface area (Å²) in [5.74, 6) is -1.84. The number of carbonyl (C=O) groups excluding carboxylic acids is 2. The highest BCUT2D eigenvalue weighted by molar-refractivity contribution is 6.04. The van der Waals surface area contributed by atoms with Gasteiger partial charge in [0.05, 0.1) is 12.0 Å². The molecule has 6 nitrogen and oxygen atoms in total. The molecule has 1 aromatic rings. The van der Waals surface area contributed by atoms with E-state index in [0.29, 0.717) is 12.0 Å². The highest BCUT2D eigenvalue weighted by atomic mass is 19.1. The van der Waals surface area contributed by atoms with Gasteiger partial charge in [0.15, 0.2) is 0 Å². The number of halogens is 2. The fraction of sp³-hybridized carbons (Fsp3) is 0.526. The molecule has 27 heavy (non-hydrogen) atoms. The minimum absolute atomic E-state index is 0.0511. The van der Waals surface area contributed by atoms with Crippen LogP contribution in [-0.2, 0) is 21.5 Å². The zero-order valence-corrected chi connectivity index (χ0v) is 16.4. The van der Waals surface area contributed by atoms with Gasteiger partial charge in [-0.25, -0.2) is 18.6 Å². The zero-order chi connectivity index (χ0) is 20.6. The number of nitrogens with zero attached hydrogens (tertiary/aromatic N) is 2. The van der Waals surface area contributed by atoms with E-state index >= 15 is 0 Å². The predicted octanol–water partition coefficient (Wildman–Crippen LogP) is 3.49. The summed E-state index contributed by atoms with van der Waals surface area (Å²) in [6.07, 6.45) is -0.524. The quantitative estimate of drug-likeness (QED) is 0.853. The summed E-state index contributed by atoms with van der Waals surface area (Å²) in [5.41, 5.74) is -1.58. The van der Waals surface area contributed by atoms with Gasteiger partial charge in [-0.2, -0.15) is 0 Å². The van der Waals surface area contributed by atoms with Crippen molar-refractivity contribution in [2.24, 2.45) is 4.99 Å². The van der Waals surface area contributed by atoms with Gasteiger partial charge in [0, 0.05) is 18.7 Å². The van der Waals surface area contributed by atoms with E-state index in [0.717, 1.165) is 6.07 Å². The number of rotatable bonds is 2. The summed E-state index contributed by atoms with van der Waals surface area (Å²) in [7, 11) is 1.45. The largest absolute Gasteiger partial charge is 0.444 e. The van der Waals surface area contributed by atoms with Crippen molar-refractivity contribution >= 4 is 18.0 Å². The van der Waals surface area contributed by atoms with Crippen LogP contribution in [0, 0.1) is 11.6 Å². The Hall–Kier alpha value is -2.51. The molecule has 0 radical (unpaired) electrons. The summed E-state index contributed by atoms with van der Waals surface area (Å²) in [5, 5.41) is 2.44. The monoisotopic (exact) mass is 381 g/mol. The standard InChI is InChI=1S/C19H25F2N3O3/c1-7-11-8-12(14(21)9-13(11)20)19(5)10-15(25)24(6)16(23-19)22-17(26)27-18(2,3)4/h8-9H,7,10H2,1-6H3,(H,22,23,26)/t19-/m0/s1. The molecule has 1 atom stereocenters. The lowest BCUT2D eigenvalue weighted by Crippen LogP contribution is -2.52. The van der Waals surface area contributed by atoms with E-state index in [2.05, 4.69) is 10.3 Å². The topological polar surface area (TPSA) is 71.0 Å². The number of benzene rings is 1. The van der Waals surface area contributed by atoms with Gasteiger partial charge >= 0.3 is 6.09 Å². The lowest BCUT2D eigenvalue weighted by atomic mass is 9.86. The van der Waals surface area contributed by atoms with Gasteiger partial charge in [0.25, 0.3) is 0 Å². The Morgan fingerprint density at radius 1 is 1.33 bits per heavy atom. The van der Waals surface area contributed by atoms with Crippen LogP contribution >= 0.6 is 0 Å². The highest BCUT2D eigenvalue weighted by Gasteiger charge is 2.40. The van der Waals surface area contributed by atoms with Crippen LogP contribution in [0.25, 0.3) is 0 Å². The number of alkyl carbamates (subject to hydrolysis) is 1. The smallest absolute Gasteiger partial charge is 0.414 e. The van der Waals surface area contributed by atoms with Crippen molar-refractivity contribution in [3.8, 4) is 0 Å². The molecule has 1 heterocycles. The van der Waals surface area contributed by atoms with Crippen LogP contribution in [0.4, 0.5) is 13.6 Å². The second-order valence-electron chi connectivity index (χ2n) is 7.74. The minimum atomic E-state index is -1.28. The molecule has 0 unspecified atom stereocenters. The van der Waals surface area contributed by atoms with E-state index in [9.17, 15) is 18.4 Å². The number of guanidine groups is 1. The first-order chi connectivity index (χ1) is 12.4. The Morgan fingerprint density at radius 2 is 1.96 bits per heavy atom. The summed E-state index contributed by atoms with van der Waals surface area (Å²) in [6, 6.07) is 2.19. The molecule has 1 aliphatic heterocycles. The van der Waals surface area contributed by atoms with E-state index in [1.807, 2.05) is 0 Å². The average Bonchev–Trinajstić information content (AvgIpc) is 2.50. The van der Waals surface area contributed by atoms with Crippen LogP contribution in [0.1, 0.15) is 52.2 Å². The van der Waals surface area contributed by atoms with E-state index in [1.54, 1.807) is 34.6 Å². The number of aliphatic imine (C=N–C) groups is 1. The van der Waals surface area contributed by atoms with Crippen molar-refractivity contribution < 1.29 is 23.1 Å². The molecule has 0 saturated heterocycles. The second-order valence-corrected chi connectivity index (χ2v) is 7.74. The summed E-state index contributed by atoms with van der Waals surface area (Å²) < 4.78 is 33.5. The summed E-state index contributed by atoms with van der Waals surface area (Å²) >= 11 is 0. The predicted molar refractivity (Wildman–Crippen MR) is 97.3 cm³/mol. The molecule has 0 saturated carbocycles. The van der Waals surface area contributed by atoms with Crippen LogP contribution in [-0.4, -0.2) is 35.5 Å². The third-order valence-corrected chi connectivity index (χ3v) is 4.25. The zero-order valence-electron chi connectivity index (χ0n) is 16.4. The first-order valence-electron chi connectivity index (χ1n) is 8.71. The van der Waals surface area contributed by atoms with Crippen molar-refractivity contribution in [3.63, 3.8) is 0 Å². The molecule has 1 N–H and O–H groups in total. The SMILES string of the molecule is CCc1cc([C@]2(C)CC(=O)N(C)C(NC(=O)OC(C)(C)C)=N2)c(F)cc1F. The van der Waals surface area contributed by atoms with Crippen LogP contribution in [0.3, 0.4) is 0 Å². The number of ether oxygens (including phenoxy) is 1. The molecule has 8 heteroatoms. The molecule has 0 spiro atoms. The van der Waals surface area contributed by atoms with Crippen LogP contribution in [0.2, 0.25) is 0 Å². The molecule has 0 bridgehead atoms. The van der Waals surface area contributed by atoms with Crippen LogP contribution < -0.4 is 5.32 Å². The minimum Gasteiger partial charge on any atom is -0.444 e. The van der Waals surface area contributed by atoms with Gasteiger partial charge in [-0.15, -0.1) is 0 Å². The van der Waals surface area contributed by atoms with Gasteiger partial charge in [-0.1, -0.05) is 6.92 Å². The molecule has 1 aliphatic rings. The van der Waals surface area contributed by atoms with Gasteiger partial charge < -0.3 is 4.74 Å². The average molecular weight is 381 g/mol. The summed E-state index contributed by atoms with van der Waals surface area (Å²) in [6.45, 7) is 8.43. The number of carbonyl (C=O) groups is 2. The van der Waals surface area contributed by atoms with Gasteiger partial charge in [-0.3, -0.25) is 15.0 Å². The Bertz CT molecular complexity index is 802. The third-order valence-electron chi connectivity index (χ3n) is 4.25. The Morgan fingerprint density at radius 3 is 2.52 bits per heavy atom. The Kier molecular flexibility index (Phi) is 5.58. The maximum atomic E-state index is 14.5. The molecule has 0 fully saturated rings. The third kappa shape index (κ3) is 4.61. The Balaban J connectivity index is 2.45. The van der Waals surface area contributed by atoms with E-state index < -0.39 is 28.9 Å². The van der Waals surface area contributed by atoms with E-state index in [1.165, 1.54) is 18.0 Å². The van der Waals surface area contributed by atoms with Crippen molar-refractivity contribution in [3.05, 3.63) is 34.9 Å². The molecule has 0 aliphatic carbocycles. The van der Waals surface area contributed by atoms with Crippen molar-refractivity contribution in [2.45, 2.75) is 58.6 Å². The van der Waals surface area contributed by atoms with Gasteiger partial charge in [0.2, 0.25) is 11.9 Å². The van der Waals surface area contributed by atoms with E-state index in [4.69, 9.17) is 4.74 Å². The number of aryl methyl sites for hydroxylation is 1. The lowest BCUT2D eigenvalue weighted by molar-refractivity contribution is -0.128. The number of amides is 2. The number of hydrogen-bond donors (Lipinski definition) is 1. The maximum absolute atomic E-state index is 14.5. The molecule has 2 amide bonds. The molecule has 0 aromatic heterocycles. The first-order valence-corrected chi connectivity index (χ1v) is 8.71. The number of hydrogen-bond acceptors (Lipinski definition) is 4. The maximum Gasteiger partial charge on any atom is 0.414 e. The van der Waals surface area contributed by atoms with Crippen molar-refractivity contribution in [1.82, 2.24) is 10.2 Å². The van der Waals surface area contributed by atoms with Crippen molar-refractivity contribution in [1.29, 1.82) is 0 Å². The molecule has 148 valence electrons. The van der Waals surface area contributed by atoms with Crippen LogP contribution in [0.15, 0.2) is 17.1 Å². The fourth-order valence-electron chi connectivity index (χ4n) is 2.82. The Labute approximate surface area is 157 Å². The number of nitrogens with one attached hydrogen (secondary N) is 1. The van der Waals surface area contributed by atoms with Gasteiger partial charge in [-0.05, 0) is 45.7 Å². The summed E-state index contributed by atoms with van der Waals surface area (Å²) in [4.78, 5) is 30.1. The fourth-order valence-corrected chi connectivity index (χ4v) is 2.82. The van der Waals surface area contributed by atoms with E-state index in [-0.39, 0.29) is 23.9 Å². The molecular weight excluding hydrogens is 356 g/mol. The molecular formula is C19H25F2N3O3. The normalized spacial score (nSPS) is 20.4.